The van der Waals surface area contributed by atoms with Crippen LogP contribution in [0.2, 0.25) is 0 Å². The number of aromatic nitrogens is 1. The van der Waals surface area contributed by atoms with Crippen molar-refractivity contribution in [1.29, 1.82) is 0 Å². The zero-order chi connectivity index (χ0) is 36.5. The van der Waals surface area contributed by atoms with Crippen LogP contribution >= 0.6 is 11.3 Å². The second-order valence-corrected chi connectivity index (χ2v) is 12.6. The lowest BCUT2D eigenvalue weighted by molar-refractivity contribution is -0.152. The number of nitrogens with zero attached hydrogens (tertiary/aromatic N) is 3. The molecule has 0 unspecified atom stereocenters. The Balaban J connectivity index is 1.73. The van der Waals surface area contributed by atoms with Gasteiger partial charge in [0.15, 0.2) is 6.29 Å². The van der Waals surface area contributed by atoms with E-state index in [0.29, 0.717) is 67.5 Å². The molecule has 1 saturated heterocycles. The summed E-state index contributed by atoms with van der Waals surface area (Å²) < 4.78 is 94.4. The SMILES string of the molecule is CCCC[C@@](Oc1csc(C(F)(F)F)c1)(C(=O)N1CCN(c2ccccc2OCC=O)CC1)[C@@H](CCC)NC(=O)c1cnccc1C(F)(F)F. The molecule has 1 aliphatic rings. The first-order valence-corrected chi connectivity index (χ1v) is 17.0. The summed E-state index contributed by atoms with van der Waals surface area (Å²) in [7, 11) is 0. The van der Waals surface area contributed by atoms with Gasteiger partial charge in [-0.1, -0.05) is 38.8 Å². The number of carbonyl (C=O) groups excluding carboxylic acids is 3. The van der Waals surface area contributed by atoms with E-state index >= 15 is 0 Å². The molecular formula is C34H38F6N4O5S. The fourth-order valence-corrected chi connectivity index (χ4v) is 6.60. The molecular weight excluding hydrogens is 690 g/mol. The smallest absolute Gasteiger partial charge is 0.425 e. The molecule has 2 aromatic heterocycles. The van der Waals surface area contributed by atoms with Crippen molar-refractivity contribution in [1.82, 2.24) is 15.2 Å². The Morgan fingerprint density at radius 1 is 1.02 bits per heavy atom. The molecule has 0 spiro atoms. The summed E-state index contributed by atoms with van der Waals surface area (Å²) in [5.41, 5.74) is -3.29. The standard InChI is InChI=1S/C34H38F6N4O5S/c1-3-5-12-32(49-23-20-29(50-22-23)34(38,39)40,28(8-4-2)42-30(46)24-21-41-13-11-25(24)33(35,36)37)31(47)44-16-14-43(15-17-44)26-9-6-7-10-27(26)48-19-18-45/h6-7,9-11,13,18,20-22,28H,3-5,8,12,14-17,19H2,1-2H3,(H,42,46)/t28-,32+/m1/s1. The molecule has 0 aliphatic carbocycles. The molecule has 2 amide bonds. The van der Waals surface area contributed by atoms with Crippen molar-refractivity contribution in [2.24, 2.45) is 0 Å². The molecule has 4 rings (SSSR count). The van der Waals surface area contributed by atoms with Gasteiger partial charge >= 0.3 is 12.4 Å². The van der Waals surface area contributed by atoms with Crippen molar-refractivity contribution in [2.75, 3.05) is 37.7 Å². The van der Waals surface area contributed by atoms with Crippen LogP contribution in [0.4, 0.5) is 32.0 Å². The molecule has 9 nitrogen and oxygen atoms in total. The van der Waals surface area contributed by atoms with Crippen LogP contribution in [-0.2, 0) is 21.9 Å². The van der Waals surface area contributed by atoms with Crippen LogP contribution in [0.5, 0.6) is 11.5 Å². The first-order valence-electron chi connectivity index (χ1n) is 16.1. The number of rotatable bonds is 15. The second-order valence-electron chi connectivity index (χ2n) is 11.7. The number of thiophene rings is 1. The minimum absolute atomic E-state index is 0.0494. The van der Waals surface area contributed by atoms with Crippen LogP contribution in [0.1, 0.15) is 66.8 Å². The van der Waals surface area contributed by atoms with Crippen molar-refractivity contribution >= 4 is 35.1 Å². The van der Waals surface area contributed by atoms with Crippen LogP contribution in [0, 0.1) is 0 Å². The minimum atomic E-state index is -4.89. The van der Waals surface area contributed by atoms with Gasteiger partial charge in [-0.05, 0) is 37.5 Å². The summed E-state index contributed by atoms with van der Waals surface area (Å²) in [5, 5.41) is 3.73. The Morgan fingerprint density at radius 3 is 2.36 bits per heavy atom. The van der Waals surface area contributed by atoms with Crippen LogP contribution < -0.4 is 19.7 Å². The predicted octanol–water partition coefficient (Wildman–Crippen LogP) is 7.01. The van der Waals surface area contributed by atoms with Crippen LogP contribution in [0.25, 0.3) is 0 Å². The third-order valence-electron chi connectivity index (χ3n) is 8.31. The van der Waals surface area contributed by atoms with E-state index in [1.807, 2.05) is 17.9 Å². The van der Waals surface area contributed by atoms with Crippen LogP contribution in [0.3, 0.4) is 0 Å². The van der Waals surface area contributed by atoms with Crippen molar-refractivity contribution in [3.05, 3.63) is 70.2 Å². The number of hydrogen-bond donors (Lipinski definition) is 1. The van der Waals surface area contributed by atoms with Gasteiger partial charge in [-0.25, -0.2) is 0 Å². The molecule has 16 heteroatoms. The zero-order valence-electron chi connectivity index (χ0n) is 27.5. The number of para-hydroxylation sites is 2. The number of unbranched alkanes of at least 4 members (excludes halogenated alkanes) is 1. The number of ether oxygens (including phenoxy) is 2. The van der Waals surface area contributed by atoms with Crippen molar-refractivity contribution in [3.8, 4) is 11.5 Å². The van der Waals surface area contributed by atoms with E-state index in [1.54, 1.807) is 25.1 Å². The Labute approximate surface area is 289 Å². The number of hydrogen-bond acceptors (Lipinski definition) is 8. The van der Waals surface area contributed by atoms with Crippen molar-refractivity contribution < 1.29 is 50.2 Å². The molecule has 1 aromatic carbocycles. The lowest BCUT2D eigenvalue weighted by atomic mass is 9.83. The molecule has 50 heavy (non-hydrogen) atoms. The summed E-state index contributed by atoms with van der Waals surface area (Å²) in [4.78, 5) is 45.5. The average molecular weight is 729 g/mol. The molecule has 3 aromatic rings. The lowest BCUT2D eigenvalue weighted by Crippen LogP contribution is -2.66. The fraction of sp³-hybridized carbons (Fsp3) is 0.471. The number of piperazine rings is 1. The largest absolute Gasteiger partial charge is 0.484 e. The van der Waals surface area contributed by atoms with Gasteiger partial charge in [-0.3, -0.25) is 19.4 Å². The fourth-order valence-electron chi connectivity index (χ4n) is 5.92. The first kappa shape index (κ1) is 38.5. The molecule has 1 N–H and O–H groups in total. The minimum Gasteiger partial charge on any atom is -0.484 e. The molecule has 1 aliphatic heterocycles. The van der Waals surface area contributed by atoms with E-state index in [1.165, 1.54) is 4.90 Å². The number of nitrogens with one attached hydrogen (secondary N) is 1. The Bertz CT molecular complexity index is 1610. The highest BCUT2D eigenvalue weighted by molar-refractivity contribution is 7.10. The van der Waals surface area contributed by atoms with Gasteiger partial charge in [-0.15, -0.1) is 11.3 Å². The van der Waals surface area contributed by atoms with Gasteiger partial charge in [-0.2, -0.15) is 26.3 Å². The van der Waals surface area contributed by atoms with E-state index in [9.17, 15) is 40.7 Å². The number of benzene rings is 1. The Kier molecular flexibility index (Phi) is 12.8. The third kappa shape index (κ3) is 9.06. The number of halogens is 6. The number of amides is 2. The molecule has 0 radical (unpaired) electrons. The van der Waals surface area contributed by atoms with Gasteiger partial charge in [0.1, 0.15) is 23.0 Å². The van der Waals surface area contributed by atoms with E-state index in [2.05, 4.69) is 10.3 Å². The maximum atomic E-state index is 14.8. The summed E-state index contributed by atoms with van der Waals surface area (Å²) >= 11 is 0.378. The van der Waals surface area contributed by atoms with Gasteiger partial charge < -0.3 is 24.6 Å². The monoisotopic (exact) mass is 728 g/mol. The lowest BCUT2D eigenvalue weighted by Gasteiger charge is -2.45. The molecule has 1 fully saturated rings. The number of carbonyl (C=O) groups is 3. The van der Waals surface area contributed by atoms with Gasteiger partial charge in [0.05, 0.1) is 22.9 Å². The van der Waals surface area contributed by atoms with E-state index in [0.717, 1.165) is 23.8 Å². The summed E-state index contributed by atoms with van der Waals surface area (Å²) in [6, 6.07) is 7.27. The molecule has 2 atom stereocenters. The van der Waals surface area contributed by atoms with Gasteiger partial charge in [0.25, 0.3) is 11.8 Å². The number of alkyl halides is 6. The van der Waals surface area contributed by atoms with E-state index in [-0.39, 0.29) is 38.3 Å². The third-order valence-corrected chi connectivity index (χ3v) is 9.27. The number of anilines is 1. The van der Waals surface area contributed by atoms with E-state index in [4.69, 9.17) is 9.47 Å². The topological polar surface area (TPSA) is 101 Å². The zero-order valence-corrected chi connectivity index (χ0v) is 28.3. The van der Waals surface area contributed by atoms with E-state index < -0.39 is 51.8 Å². The summed E-state index contributed by atoms with van der Waals surface area (Å²) in [6.07, 6.45) is -6.03. The molecule has 3 heterocycles. The maximum Gasteiger partial charge on any atom is 0.425 e. The predicted molar refractivity (Wildman–Crippen MR) is 174 cm³/mol. The van der Waals surface area contributed by atoms with Gasteiger partial charge in [0.2, 0.25) is 5.60 Å². The highest BCUT2D eigenvalue weighted by Crippen LogP contribution is 2.40. The molecule has 0 bridgehead atoms. The number of pyridine rings is 1. The number of aldehydes is 1. The summed E-state index contributed by atoms with van der Waals surface area (Å²) in [5.74, 6) is -1.55. The molecule has 272 valence electrons. The highest BCUT2D eigenvalue weighted by atomic mass is 32.1. The normalized spacial score (nSPS) is 15.6. The maximum absolute atomic E-state index is 14.8. The van der Waals surface area contributed by atoms with Crippen LogP contribution in [0.15, 0.2) is 54.2 Å². The van der Waals surface area contributed by atoms with Crippen LogP contribution in [-0.4, -0.2) is 72.4 Å². The quantitative estimate of drug-likeness (QED) is 0.133. The Hall–Kier alpha value is -4.34. The Morgan fingerprint density at radius 2 is 1.74 bits per heavy atom. The second kappa shape index (κ2) is 16.6. The summed E-state index contributed by atoms with van der Waals surface area (Å²) in [6.45, 7) is 4.33. The van der Waals surface area contributed by atoms with Crippen molar-refractivity contribution in [2.45, 2.75) is 69.9 Å². The average Bonchev–Trinajstić information content (AvgIpc) is 3.58. The first-order chi connectivity index (χ1) is 23.7. The van der Waals surface area contributed by atoms with Crippen molar-refractivity contribution in [3.63, 3.8) is 0 Å². The van der Waals surface area contributed by atoms with Gasteiger partial charge in [0, 0.05) is 50.0 Å². The highest BCUT2D eigenvalue weighted by Gasteiger charge is 2.51. The molecule has 0 saturated carbocycles.